The fourth-order valence-corrected chi connectivity index (χ4v) is 3.02. The Hall–Kier alpha value is -3.03. The summed E-state index contributed by atoms with van der Waals surface area (Å²) in [7, 11) is 3.13. The number of halogens is 3. The second-order valence-electron chi connectivity index (χ2n) is 6.46. The lowest BCUT2D eigenvalue weighted by Crippen LogP contribution is -2.33. The Bertz CT molecular complexity index is 981. The Kier molecular flexibility index (Phi) is 5.31. The van der Waals surface area contributed by atoms with Gasteiger partial charge >= 0.3 is 6.18 Å². The molecule has 0 saturated heterocycles. The minimum absolute atomic E-state index is 0.202. The van der Waals surface area contributed by atoms with Gasteiger partial charge in [-0.05, 0) is 36.8 Å². The molecule has 1 amide bonds. The van der Waals surface area contributed by atoms with E-state index < -0.39 is 24.5 Å². The third-order valence-corrected chi connectivity index (χ3v) is 4.77. The minimum atomic E-state index is -4.65. The van der Waals surface area contributed by atoms with Gasteiger partial charge in [0.1, 0.15) is 12.3 Å². The maximum absolute atomic E-state index is 13.4. The number of alkyl halides is 3. The second kappa shape index (κ2) is 7.53. The number of aromatic nitrogens is 2. The zero-order chi connectivity index (χ0) is 20.5. The van der Waals surface area contributed by atoms with E-state index in [4.69, 9.17) is 4.74 Å². The minimum Gasteiger partial charge on any atom is -0.497 e. The van der Waals surface area contributed by atoms with Crippen LogP contribution in [0.3, 0.4) is 0 Å². The molecule has 1 unspecified atom stereocenters. The molecule has 0 spiro atoms. The normalized spacial score (nSPS) is 12.8. The van der Waals surface area contributed by atoms with Crippen molar-refractivity contribution >= 4 is 16.9 Å². The van der Waals surface area contributed by atoms with Gasteiger partial charge < -0.3 is 14.2 Å². The molecule has 1 atom stereocenters. The molecule has 0 bridgehead atoms. The van der Waals surface area contributed by atoms with E-state index in [0.29, 0.717) is 5.75 Å². The molecule has 0 aliphatic heterocycles. The van der Waals surface area contributed by atoms with E-state index in [-0.39, 0.29) is 17.1 Å². The third kappa shape index (κ3) is 3.81. The SMILES string of the molecule is COc1ccc(C(C)N(C)C(=O)Cn2c(C(F)(F)F)nc3ccccc32)cc1. The van der Waals surface area contributed by atoms with Crippen LogP contribution in [0.4, 0.5) is 13.2 Å². The lowest BCUT2D eigenvalue weighted by Gasteiger charge is -2.26. The highest BCUT2D eigenvalue weighted by molar-refractivity contribution is 5.81. The van der Waals surface area contributed by atoms with Crippen molar-refractivity contribution < 1.29 is 22.7 Å². The van der Waals surface area contributed by atoms with Crippen LogP contribution >= 0.6 is 0 Å². The number of likely N-dealkylation sites (N-methyl/N-ethyl adjacent to an activating group) is 1. The van der Waals surface area contributed by atoms with E-state index >= 15 is 0 Å². The third-order valence-electron chi connectivity index (χ3n) is 4.77. The van der Waals surface area contributed by atoms with Gasteiger partial charge in [0, 0.05) is 7.05 Å². The monoisotopic (exact) mass is 391 g/mol. The quantitative estimate of drug-likeness (QED) is 0.652. The Morgan fingerprint density at radius 1 is 1.18 bits per heavy atom. The molecule has 3 aromatic rings. The van der Waals surface area contributed by atoms with E-state index in [1.807, 2.05) is 19.1 Å². The number of carbonyl (C=O) groups is 1. The van der Waals surface area contributed by atoms with Crippen molar-refractivity contribution in [2.75, 3.05) is 14.2 Å². The van der Waals surface area contributed by atoms with Crippen LogP contribution in [0.1, 0.15) is 24.4 Å². The van der Waals surface area contributed by atoms with Gasteiger partial charge in [0.2, 0.25) is 11.7 Å². The molecule has 8 heteroatoms. The summed E-state index contributed by atoms with van der Waals surface area (Å²) in [6, 6.07) is 13.1. The maximum atomic E-state index is 13.4. The van der Waals surface area contributed by atoms with Gasteiger partial charge in [0.25, 0.3) is 0 Å². The topological polar surface area (TPSA) is 47.4 Å². The lowest BCUT2D eigenvalue weighted by atomic mass is 10.1. The summed E-state index contributed by atoms with van der Waals surface area (Å²) in [5, 5.41) is 0. The van der Waals surface area contributed by atoms with E-state index in [2.05, 4.69) is 4.98 Å². The summed E-state index contributed by atoms with van der Waals surface area (Å²) in [6.45, 7) is 1.36. The number of rotatable bonds is 5. The number of nitrogens with zero attached hydrogens (tertiary/aromatic N) is 3. The van der Waals surface area contributed by atoms with Crippen molar-refractivity contribution in [1.82, 2.24) is 14.5 Å². The summed E-state index contributed by atoms with van der Waals surface area (Å²) >= 11 is 0. The summed E-state index contributed by atoms with van der Waals surface area (Å²) in [5.74, 6) is -0.839. The van der Waals surface area contributed by atoms with Crippen molar-refractivity contribution in [1.29, 1.82) is 0 Å². The number of methoxy groups -OCH3 is 1. The van der Waals surface area contributed by atoms with E-state index in [9.17, 15) is 18.0 Å². The summed E-state index contributed by atoms with van der Waals surface area (Å²) in [5.41, 5.74) is 1.32. The molecule has 0 saturated carbocycles. The number of fused-ring (bicyclic) bond motifs is 1. The molecule has 28 heavy (non-hydrogen) atoms. The number of imidazole rings is 1. The number of amides is 1. The summed E-state index contributed by atoms with van der Waals surface area (Å²) < 4.78 is 46.3. The fourth-order valence-electron chi connectivity index (χ4n) is 3.02. The second-order valence-corrected chi connectivity index (χ2v) is 6.46. The zero-order valence-corrected chi connectivity index (χ0v) is 15.7. The van der Waals surface area contributed by atoms with Crippen LogP contribution in [0.15, 0.2) is 48.5 Å². The van der Waals surface area contributed by atoms with E-state index in [0.717, 1.165) is 10.1 Å². The number of hydrogen-bond acceptors (Lipinski definition) is 3. The number of benzene rings is 2. The molecule has 0 aliphatic rings. The van der Waals surface area contributed by atoms with Gasteiger partial charge in [-0.3, -0.25) is 4.79 Å². The Morgan fingerprint density at radius 3 is 2.43 bits per heavy atom. The highest BCUT2D eigenvalue weighted by Crippen LogP contribution is 2.32. The van der Waals surface area contributed by atoms with Gasteiger partial charge in [-0.2, -0.15) is 13.2 Å². The van der Waals surface area contributed by atoms with Gasteiger partial charge in [-0.1, -0.05) is 24.3 Å². The molecule has 0 radical (unpaired) electrons. The maximum Gasteiger partial charge on any atom is 0.449 e. The first-order chi connectivity index (χ1) is 13.2. The molecule has 1 aromatic heterocycles. The molecule has 3 rings (SSSR count). The highest BCUT2D eigenvalue weighted by Gasteiger charge is 2.38. The zero-order valence-electron chi connectivity index (χ0n) is 15.7. The van der Waals surface area contributed by atoms with Crippen LogP contribution in [-0.4, -0.2) is 34.5 Å². The van der Waals surface area contributed by atoms with Gasteiger partial charge in [-0.25, -0.2) is 4.98 Å². The predicted molar refractivity (Wildman–Crippen MR) is 98.9 cm³/mol. The molecular weight excluding hydrogens is 371 g/mol. The summed E-state index contributed by atoms with van der Waals surface area (Å²) in [6.07, 6.45) is -4.65. The van der Waals surface area contributed by atoms with Crippen molar-refractivity contribution in [2.24, 2.45) is 0 Å². The first-order valence-electron chi connectivity index (χ1n) is 8.64. The molecule has 0 aliphatic carbocycles. The number of carbonyl (C=O) groups excluding carboxylic acids is 1. The molecule has 0 fully saturated rings. The Labute approximate surface area is 160 Å². The highest BCUT2D eigenvalue weighted by atomic mass is 19.4. The molecular formula is C20H20F3N3O2. The Balaban J connectivity index is 1.87. The van der Waals surface area contributed by atoms with Crippen molar-refractivity contribution in [3.05, 3.63) is 59.9 Å². The van der Waals surface area contributed by atoms with Crippen LogP contribution < -0.4 is 4.74 Å². The standard InChI is InChI=1S/C20H20F3N3O2/c1-13(14-8-10-15(28-3)11-9-14)25(2)18(27)12-26-17-7-5-4-6-16(17)24-19(26)20(21,22)23/h4-11,13H,12H2,1-3H3. The van der Waals surface area contributed by atoms with Crippen LogP contribution in [0.25, 0.3) is 11.0 Å². The fraction of sp³-hybridized carbons (Fsp3) is 0.300. The average molecular weight is 391 g/mol. The van der Waals surface area contributed by atoms with Crippen molar-refractivity contribution in [3.8, 4) is 5.75 Å². The average Bonchev–Trinajstić information content (AvgIpc) is 3.06. The first-order valence-corrected chi connectivity index (χ1v) is 8.64. The van der Waals surface area contributed by atoms with Crippen LogP contribution in [0, 0.1) is 0 Å². The van der Waals surface area contributed by atoms with Crippen molar-refractivity contribution in [2.45, 2.75) is 25.7 Å². The molecule has 2 aromatic carbocycles. The van der Waals surface area contributed by atoms with Gasteiger partial charge in [0.15, 0.2) is 0 Å². The van der Waals surface area contributed by atoms with E-state index in [1.54, 1.807) is 38.4 Å². The molecule has 0 N–H and O–H groups in total. The smallest absolute Gasteiger partial charge is 0.449 e. The van der Waals surface area contributed by atoms with E-state index in [1.165, 1.54) is 17.0 Å². The molecule has 5 nitrogen and oxygen atoms in total. The number of ether oxygens (including phenoxy) is 1. The molecule has 1 heterocycles. The van der Waals surface area contributed by atoms with Gasteiger partial charge in [0.05, 0.1) is 24.2 Å². The number of para-hydroxylation sites is 2. The Morgan fingerprint density at radius 2 is 1.82 bits per heavy atom. The first kappa shape index (κ1) is 19.7. The predicted octanol–water partition coefficient (Wildman–Crippen LogP) is 4.28. The molecule has 148 valence electrons. The summed E-state index contributed by atoms with van der Waals surface area (Å²) in [4.78, 5) is 17.9. The van der Waals surface area contributed by atoms with Crippen molar-refractivity contribution in [3.63, 3.8) is 0 Å². The van der Waals surface area contributed by atoms with Crippen LogP contribution in [0.2, 0.25) is 0 Å². The van der Waals surface area contributed by atoms with Gasteiger partial charge in [-0.15, -0.1) is 0 Å². The lowest BCUT2D eigenvalue weighted by molar-refractivity contribution is -0.148. The van der Waals surface area contributed by atoms with Crippen LogP contribution in [0.5, 0.6) is 5.75 Å². The number of hydrogen-bond donors (Lipinski definition) is 0. The largest absolute Gasteiger partial charge is 0.497 e. The van der Waals surface area contributed by atoms with Crippen LogP contribution in [-0.2, 0) is 17.5 Å².